The van der Waals surface area contributed by atoms with Crippen molar-refractivity contribution >= 4 is 29.3 Å². The van der Waals surface area contributed by atoms with Crippen LogP contribution >= 0.6 is 0 Å². The van der Waals surface area contributed by atoms with Crippen LogP contribution in [-0.2, 0) is 14.3 Å². The van der Waals surface area contributed by atoms with Crippen molar-refractivity contribution in [2.45, 2.75) is 51.5 Å². The van der Waals surface area contributed by atoms with Gasteiger partial charge in [-0.15, -0.1) is 0 Å². The normalized spacial score (nSPS) is 17.0. The van der Waals surface area contributed by atoms with Crippen LogP contribution in [0.5, 0.6) is 0 Å². The number of hydrogen-bond donors (Lipinski definition) is 2. The van der Waals surface area contributed by atoms with Crippen LogP contribution in [0.4, 0.5) is 16.2 Å². The molecule has 30 heavy (non-hydrogen) atoms. The van der Waals surface area contributed by atoms with E-state index in [1.807, 2.05) is 24.3 Å². The zero-order valence-corrected chi connectivity index (χ0v) is 17.7. The van der Waals surface area contributed by atoms with Crippen LogP contribution in [0, 0.1) is 0 Å². The Morgan fingerprint density at radius 3 is 2.23 bits per heavy atom. The molecule has 0 aliphatic carbocycles. The molecular weight excluding hydrogens is 384 g/mol. The molecule has 0 atom stereocenters. The molecule has 2 fully saturated rings. The summed E-state index contributed by atoms with van der Waals surface area (Å²) in [5.74, 6) is -0.305. The van der Waals surface area contributed by atoms with Gasteiger partial charge in [0, 0.05) is 56.4 Å². The number of anilines is 2. The predicted molar refractivity (Wildman–Crippen MR) is 116 cm³/mol. The van der Waals surface area contributed by atoms with E-state index in [2.05, 4.69) is 15.5 Å². The first-order valence-corrected chi connectivity index (χ1v) is 10.9. The molecule has 0 aromatic heterocycles. The lowest BCUT2D eigenvalue weighted by atomic mass is 10.1. The van der Waals surface area contributed by atoms with Gasteiger partial charge < -0.3 is 25.2 Å². The molecular formula is C22H32N4O4. The van der Waals surface area contributed by atoms with Crippen LogP contribution in [-0.4, -0.2) is 61.6 Å². The van der Waals surface area contributed by atoms with Crippen molar-refractivity contribution in [3.63, 3.8) is 0 Å². The van der Waals surface area contributed by atoms with E-state index in [4.69, 9.17) is 4.74 Å². The SMILES string of the molecule is CCOC(=O)N1CCC(NC(=O)CCC(=O)Nc2ccc(N3CCCC3)cc2)CC1. The van der Waals surface area contributed by atoms with E-state index < -0.39 is 0 Å². The highest BCUT2D eigenvalue weighted by Gasteiger charge is 2.24. The molecule has 8 nitrogen and oxygen atoms in total. The second-order valence-corrected chi connectivity index (χ2v) is 7.82. The molecule has 0 bridgehead atoms. The van der Waals surface area contributed by atoms with Crippen molar-refractivity contribution in [2.24, 2.45) is 0 Å². The largest absolute Gasteiger partial charge is 0.450 e. The molecule has 8 heteroatoms. The van der Waals surface area contributed by atoms with Gasteiger partial charge in [0.05, 0.1) is 6.61 Å². The molecule has 3 rings (SSSR count). The molecule has 2 heterocycles. The summed E-state index contributed by atoms with van der Waals surface area (Å²) >= 11 is 0. The molecule has 2 aliphatic heterocycles. The minimum atomic E-state index is -0.299. The van der Waals surface area contributed by atoms with Crippen molar-refractivity contribution in [1.29, 1.82) is 0 Å². The smallest absolute Gasteiger partial charge is 0.409 e. The maximum Gasteiger partial charge on any atom is 0.409 e. The quantitative estimate of drug-likeness (QED) is 0.713. The lowest BCUT2D eigenvalue weighted by Gasteiger charge is -2.31. The number of nitrogens with one attached hydrogen (secondary N) is 2. The topological polar surface area (TPSA) is 91.0 Å². The third-order valence-electron chi connectivity index (χ3n) is 5.59. The third-order valence-corrected chi connectivity index (χ3v) is 5.59. The minimum Gasteiger partial charge on any atom is -0.450 e. The number of ether oxygens (including phenoxy) is 1. The van der Waals surface area contributed by atoms with E-state index in [-0.39, 0.29) is 36.8 Å². The van der Waals surface area contributed by atoms with Crippen LogP contribution in [0.15, 0.2) is 24.3 Å². The van der Waals surface area contributed by atoms with E-state index in [0.717, 1.165) is 18.8 Å². The Kier molecular flexibility index (Phi) is 7.93. The number of amides is 3. The maximum atomic E-state index is 12.2. The number of likely N-dealkylation sites (tertiary alicyclic amines) is 1. The predicted octanol–water partition coefficient (Wildman–Crippen LogP) is 2.74. The highest BCUT2D eigenvalue weighted by Crippen LogP contribution is 2.22. The van der Waals surface area contributed by atoms with E-state index in [9.17, 15) is 14.4 Å². The van der Waals surface area contributed by atoms with Crippen LogP contribution in [0.25, 0.3) is 0 Å². The Labute approximate surface area is 177 Å². The van der Waals surface area contributed by atoms with Gasteiger partial charge in [0.1, 0.15) is 0 Å². The zero-order valence-electron chi connectivity index (χ0n) is 17.7. The van der Waals surface area contributed by atoms with E-state index in [1.54, 1.807) is 11.8 Å². The highest BCUT2D eigenvalue weighted by molar-refractivity contribution is 5.93. The summed E-state index contributed by atoms with van der Waals surface area (Å²) in [6.45, 7) is 5.45. The van der Waals surface area contributed by atoms with E-state index in [1.165, 1.54) is 18.5 Å². The molecule has 1 aromatic carbocycles. The molecule has 0 unspecified atom stereocenters. The van der Waals surface area contributed by atoms with Gasteiger partial charge in [-0.1, -0.05) is 0 Å². The molecule has 0 radical (unpaired) electrons. The molecule has 2 aliphatic rings. The molecule has 0 saturated carbocycles. The molecule has 0 spiro atoms. The van der Waals surface area contributed by atoms with Crippen LogP contribution < -0.4 is 15.5 Å². The van der Waals surface area contributed by atoms with Gasteiger partial charge in [-0.2, -0.15) is 0 Å². The van der Waals surface area contributed by atoms with Crippen molar-refractivity contribution in [2.75, 3.05) is 43.0 Å². The van der Waals surface area contributed by atoms with Gasteiger partial charge in [-0.05, 0) is 56.9 Å². The summed E-state index contributed by atoms with van der Waals surface area (Å²) in [6.07, 6.45) is 3.83. The molecule has 2 saturated heterocycles. The first-order valence-electron chi connectivity index (χ1n) is 10.9. The summed E-state index contributed by atoms with van der Waals surface area (Å²) in [5.41, 5.74) is 1.92. The Morgan fingerprint density at radius 1 is 0.967 bits per heavy atom. The number of hydrogen-bond acceptors (Lipinski definition) is 5. The van der Waals surface area contributed by atoms with E-state index >= 15 is 0 Å². The van der Waals surface area contributed by atoms with Gasteiger partial charge in [0.15, 0.2) is 0 Å². The summed E-state index contributed by atoms with van der Waals surface area (Å²) < 4.78 is 5.00. The fourth-order valence-corrected chi connectivity index (χ4v) is 3.90. The second-order valence-electron chi connectivity index (χ2n) is 7.82. The van der Waals surface area contributed by atoms with Gasteiger partial charge >= 0.3 is 6.09 Å². The van der Waals surface area contributed by atoms with Gasteiger partial charge in [0.2, 0.25) is 11.8 Å². The number of carbonyl (C=O) groups is 3. The average molecular weight is 417 g/mol. The average Bonchev–Trinajstić information content (AvgIpc) is 3.28. The fourth-order valence-electron chi connectivity index (χ4n) is 3.90. The number of benzene rings is 1. The molecule has 3 amide bonds. The van der Waals surface area contributed by atoms with Crippen LogP contribution in [0.2, 0.25) is 0 Å². The van der Waals surface area contributed by atoms with Crippen LogP contribution in [0.3, 0.4) is 0 Å². The summed E-state index contributed by atoms with van der Waals surface area (Å²) in [7, 11) is 0. The highest BCUT2D eigenvalue weighted by atomic mass is 16.6. The van der Waals surface area contributed by atoms with Crippen molar-refractivity contribution in [3.05, 3.63) is 24.3 Å². The Bertz CT molecular complexity index is 723. The number of rotatable bonds is 7. The fraction of sp³-hybridized carbons (Fsp3) is 0.591. The minimum absolute atomic E-state index is 0.0318. The maximum absolute atomic E-state index is 12.2. The Hall–Kier alpha value is -2.77. The monoisotopic (exact) mass is 416 g/mol. The number of carbonyl (C=O) groups excluding carboxylic acids is 3. The van der Waals surface area contributed by atoms with Crippen LogP contribution in [0.1, 0.15) is 45.4 Å². The Morgan fingerprint density at radius 2 is 1.60 bits per heavy atom. The number of nitrogens with zero attached hydrogens (tertiary/aromatic N) is 2. The summed E-state index contributed by atoms with van der Waals surface area (Å²) in [5, 5.41) is 5.82. The first kappa shape index (κ1) is 21.9. The Balaban J connectivity index is 1.33. The molecule has 2 N–H and O–H groups in total. The van der Waals surface area contributed by atoms with Crippen molar-refractivity contribution in [3.8, 4) is 0 Å². The first-order chi connectivity index (χ1) is 14.5. The standard InChI is InChI=1S/C22H32N4O4/c1-2-30-22(29)26-15-11-18(12-16-26)24-21(28)10-9-20(27)23-17-5-7-19(8-6-17)25-13-3-4-14-25/h5-8,18H,2-4,9-16H2,1H3,(H,23,27)(H,24,28). The van der Waals surface area contributed by atoms with Crippen molar-refractivity contribution < 1.29 is 19.1 Å². The van der Waals surface area contributed by atoms with E-state index in [0.29, 0.717) is 32.5 Å². The lowest BCUT2D eigenvalue weighted by molar-refractivity contribution is -0.125. The van der Waals surface area contributed by atoms with Crippen molar-refractivity contribution in [1.82, 2.24) is 10.2 Å². The van der Waals surface area contributed by atoms with Gasteiger partial charge in [0.25, 0.3) is 0 Å². The summed E-state index contributed by atoms with van der Waals surface area (Å²) in [6, 6.07) is 7.89. The molecule has 1 aromatic rings. The van der Waals surface area contributed by atoms with Gasteiger partial charge in [-0.3, -0.25) is 9.59 Å². The molecule has 164 valence electrons. The number of piperidine rings is 1. The lowest BCUT2D eigenvalue weighted by Crippen LogP contribution is -2.46. The second kappa shape index (κ2) is 10.8. The third kappa shape index (κ3) is 6.37. The van der Waals surface area contributed by atoms with Gasteiger partial charge in [-0.25, -0.2) is 4.79 Å². The summed E-state index contributed by atoms with van der Waals surface area (Å²) in [4.78, 5) is 40.1. The zero-order chi connectivity index (χ0) is 21.3.